The van der Waals surface area contributed by atoms with Gasteiger partial charge < -0.3 is 15.0 Å². The van der Waals surface area contributed by atoms with Gasteiger partial charge in [-0.1, -0.05) is 19.8 Å². The van der Waals surface area contributed by atoms with Crippen molar-refractivity contribution in [2.45, 2.75) is 45.6 Å². The molecule has 126 valence electrons. The van der Waals surface area contributed by atoms with Gasteiger partial charge >= 0.3 is 6.09 Å². The Kier molecular flexibility index (Phi) is 6.49. The molecule has 1 aliphatic heterocycles. The average molecular weight is 311 g/mol. The highest BCUT2D eigenvalue weighted by Crippen LogP contribution is 2.23. The highest BCUT2D eigenvalue weighted by atomic mass is 16.6. The molecule has 2 rings (SSSR count). The number of hydrogen-bond donors (Lipinski definition) is 1. The summed E-state index contributed by atoms with van der Waals surface area (Å²) in [7, 11) is 0. The zero-order valence-electron chi connectivity index (χ0n) is 13.8. The van der Waals surface area contributed by atoms with E-state index in [1.165, 1.54) is 19.3 Å². The maximum Gasteiger partial charge on any atom is 0.409 e. The Hall–Kier alpha value is -1.30. The van der Waals surface area contributed by atoms with Crippen LogP contribution in [0.3, 0.4) is 0 Å². The van der Waals surface area contributed by atoms with Gasteiger partial charge in [-0.05, 0) is 25.7 Å². The van der Waals surface area contributed by atoms with E-state index in [2.05, 4.69) is 17.1 Å². The van der Waals surface area contributed by atoms with Gasteiger partial charge in [0.15, 0.2) is 0 Å². The predicted octanol–water partition coefficient (Wildman–Crippen LogP) is 1.46. The molecule has 0 radical (unpaired) electrons. The molecule has 6 nitrogen and oxygen atoms in total. The highest BCUT2D eigenvalue weighted by molar-refractivity contribution is 5.78. The van der Waals surface area contributed by atoms with Gasteiger partial charge in [0.05, 0.1) is 13.2 Å². The van der Waals surface area contributed by atoms with Crippen LogP contribution in [0.1, 0.15) is 39.5 Å². The van der Waals surface area contributed by atoms with Crippen LogP contribution in [-0.2, 0) is 9.53 Å². The van der Waals surface area contributed by atoms with Gasteiger partial charge in [-0.15, -0.1) is 0 Å². The first-order chi connectivity index (χ1) is 10.6. The standard InChI is InChI=1S/C16H29N3O3/c1-3-22-16(21)19-10-8-18(9-11-19)12-15(20)17-14-7-5-4-6-13(14)2/h13-14H,3-12H2,1-2H3,(H,17,20). The van der Waals surface area contributed by atoms with Crippen molar-refractivity contribution in [3.05, 3.63) is 0 Å². The lowest BCUT2D eigenvalue weighted by Crippen LogP contribution is -2.52. The summed E-state index contributed by atoms with van der Waals surface area (Å²) < 4.78 is 5.00. The summed E-state index contributed by atoms with van der Waals surface area (Å²) in [6.07, 6.45) is 4.56. The molecule has 2 aliphatic rings. The molecule has 0 spiro atoms. The minimum atomic E-state index is -0.248. The van der Waals surface area contributed by atoms with Crippen LogP contribution in [0, 0.1) is 5.92 Å². The van der Waals surface area contributed by atoms with Crippen molar-refractivity contribution in [2.75, 3.05) is 39.3 Å². The molecular formula is C16H29N3O3. The largest absolute Gasteiger partial charge is 0.450 e. The number of nitrogens with one attached hydrogen (secondary N) is 1. The van der Waals surface area contributed by atoms with Crippen LogP contribution in [0.5, 0.6) is 0 Å². The summed E-state index contributed by atoms with van der Waals surface area (Å²) >= 11 is 0. The van der Waals surface area contributed by atoms with E-state index in [0.29, 0.717) is 38.2 Å². The Bertz CT molecular complexity index is 381. The SMILES string of the molecule is CCOC(=O)N1CCN(CC(=O)NC2CCCCC2C)CC1. The smallest absolute Gasteiger partial charge is 0.409 e. The third-order valence-electron chi connectivity index (χ3n) is 4.72. The van der Waals surface area contributed by atoms with E-state index in [-0.39, 0.29) is 12.0 Å². The molecule has 0 aromatic rings. The fourth-order valence-electron chi connectivity index (χ4n) is 3.29. The normalized spacial score (nSPS) is 26.5. The zero-order chi connectivity index (χ0) is 15.9. The number of piperazine rings is 1. The Morgan fingerprint density at radius 3 is 2.45 bits per heavy atom. The van der Waals surface area contributed by atoms with Crippen LogP contribution >= 0.6 is 0 Å². The highest BCUT2D eigenvalue weighted by Gasteiger charge is 2.26. The minimum absolute atomic E-state index is 0.114. The van der Waals surface area contributed by atoms with E-state index < -0.39 is 0 Å². The second-order valence-corrected chi connectivity index (χ2v) is 6.40. The van der Waals surface area contributed by atoms with Gasteiger partial charge in [0.25, 0.3) is 0 Å². The first-order valence-electron chi connectivity index (χ1n) is 8.53. The lowest BCUT2D eigenvalue weighted by Gasteiger charge is -2.34. The Labute approximate surface area is 133 Å². The molecule has 2 atom stereocenters. The zero-order valence-corrected chi connectivity index (χ0v) is 13.8. The van der Waals surface area contributed by atoms with Gasteiger partial charge in [0, 0.05) is 32.2 Å². The van der Waals surface area contributed by atoms with Gasteiger partial charge in [-0.3, -0.25) is 9.69 Å². The van der Waals surface area contributed by atoms with Crippen molar-refractivity contribution >= 4 is 12.0 Å². The molecule has 0 bridgehead atoms. The summed E-state index contributed by atoms with van der Waals surface area (Å²) in [6.45, 7) is 7.59. The van der Waals surface area contributed by atoms with Crippen molar-refractivity contribution in [1.29, 1.82) is 0 Å². The van der Waals surface area contributed by atoms with Crippen molar-refractivity contribution < 1.29 is 14.3 Å². The summed E-state index contributed by atoms with van der Waals surface area (Å²) in [6, 6.07) is 0.335. The van der Waals surface area contributed by atoms with E-state index in [1.807, 2.05) is 6.92 Å². The molecular weight excluding hydrogens is 282 g/mol. The third kappa shape index (κ3) is 4.87. The molecule has 1 heterocycles. The number of amides is 2. The summed E-state index contributed by atoms with van der Waals surface area (Å²) in [5.41, 5.74) is 0. The molecule has 0 aromatic heterocycles. The van der Waals surface area contributed by atoms with Crippen molar-refractivity contribution in [2.24, 2.45) is 5.92 Å². The van der Waals surface area contributed by atoms with Crippen LogP contribution in [0.25, 0.3) is 0 Å². The Morgan fingerprint density at radius 1 is 1.14 bits per heavy atom. The van der Waals surface area contributed by atoms with Crippen LogP contribution < -0.4 is 5.32 Å². The van der Waals surface area contributed by atoms with Gasteiger partial charge in [0.2, 0.25) is 5.91 Å². The molecule has 0 aromatic carbocycles. The lowest BCUT2D eigenvalue weighted by atomic mass is 9.86. The molecule has 2 fully saturated rings. The van der Waals surface area contributed by atoms with E-state index in [4.69, 9.17) is 4.74 Å². The van der Waals surface area contributed by atoms with Gasteiger partial charge in [-0.2, -0.15) is 0 Å². The van der Waals surface area contributed by atoms with Gasteiger partial charge in [0.1, 0.15) is 0 Å². The molecule has 6 heteroatoms. The number of carbonyl (C=O) groups is 2. The van der Waals surface area contributed by atoms with Gasteiger partial charge in [-0.25, -0.2) is 4.79 Å². The monoisotopic (exact) mass is 311 g/mol. The Morgan fingerprint density at radius 2 is 1.82 bits per heavy atom. The van der Waals surface area contributed by atoms with Crippen molar-refractivity contribution in [3.63, 3.8) is 0 Å². The fourth-order valence-corrected chi connectivity index (χ4v) is 3.29. The summed E-state index contributed by atoms with van der Waals surface area (Å²) in [5, 5.41) is 3.18. The van der Waals surface area contributed by atoms with Crippen molar-refractivity contribution in [3.8, 4) is 0 Å². The third-order valence-corrected chi connectivity index (χ3v) is 4.72. The van der Waals surface area contributed by atoms with Crippen LogP contribution in [-0.4, -0.2) is 67.2 Å². The number of ether oxygens (including phenoxy) is 1. The van der Waals surface area contributed by atoms with E-state index in [9.17, 15) is 9.59 Å². The number of rotatable bonds is 4. The van der Waals surface area contributed by atoms with E-state index >= 15 is 0 Å². The van der Waals surface area contributed by atoms with Crippen LogP contribution in [0.4, 0.5) is 4.79 Å². The maximum absolute atomic E-state index is 12.2. The second-order valence-electron chi connectivity index (χ2n) is 6.40. The Balaban J connectivity index is 1.69. The topological polar surface area (TPSA) is 61.9 Å². The summed E-state index contributed by atoms with van der Waals surface area (Å²) in [5.74, 6) is 0.696. The molecule has 1 aliphatic carbocycles. The van der Waals surface area contributed by atoms with Crippen LogP contribution in [0.15, 0.2) is 0 Å². The molecule has 2 amide bonds. The second kappa shape index (κ2) is 8.36. The molecule has 22 heavy (non-hydrogen) atoms. The van der Waals surface area contributed by atoms with E-state index in [1.54, 1.807) is 4.90 Å². The average Bonchev–Trinajstić information content (AvgIpc) is 2.50. The molecule has 1 saturated heterocycles. The van der Waals surface area contributed by atoms with Crippen molar-refractivity contribution in [1.82, 2.24) is 15.1 Å². The predicted molar refractivity (Wildman–Crippen MR) is 84.6 cm³/mol. The lowest BCUT2D eigenvalue weighted by molar-refractivity contribution is -0.123. The first-order valence-corrected chi connectivity index (χ1v) is 8.53. The number of nitrogens with zero attached hydrogens (tertiary/aromatic N) is 2. The summed E-state index contributed by atoms with van der Waals surface area (Å²) in [4.78, 5) is 27.6. The number of hydrogen-bond acceptors (Lipinski definition) is 4. The molecule has 2 unspecified atom stereocenters. The first kappa shape index (κ1) is 17.1. The van der Waals surface area contributed by atoms with E-state index in [0.717, 1.165) is 19.5 Å². The quantitative estimate of drug-likeness (QED) is 0.854. The maximum atomic E-state index is 12.2. The molecule has 1 N–H and O–H groups in total. The number of carbonyl (C=O) groups excluding carboxylic acids is 2. The fraction of sp³-hybridized carbons (Fsp3) is 0.875. The van der Waals surface area contributed by atoms with Crippen LogP contribution in [0.2, 0.25) is 0 Å². The minimum Gasteiger partial charge on any atom is -0.450 e. The molecule has 1 saturated carbocycles.